The number of aromatic amines is 1. The van der Waals surface area contributed by atoms with E-state index in [-0.39, 0.29) is 17.7 Å². The molecule has 8 heteroatoms. The minimum atomic E-state index is -0.285. The number of tetrazole rings is 1. The quantitative estimate of drug-likeness (QED) is 0.639. The average molecular weight is 437 g/mol. The van der Waals surface area contributed by atoms with Crippen LogP contribution in [-0.4, -0.2) is 55.9 Å². The van der Waals surface area contributed by atoms with E-state index in [9.17, 15) is 4.79 Å². The Morgan fingerprint density at radius 3 is 2.94 bits per heavy atom. The highest BCUT2D eigenvalue weighted by atomic mass is 16.5. The van der Waals surface area contributed by atoms with Gasteiger partial charge < -0.3 is 9.72 Å². The van der Waals surface area contributed by atoms with Crippen molar-refractivity contribution in [2.24, 2.45) is 5.92 Å². The van der Waals surface area contributed by atoms with Crippen LogP contribution in [0.15, 0.2) is 29.1 Å². The van der Waals surface area contributed by atoms with Crippen LogP contribution >= 0.6 is 0 Å². The molecule has 170 valence electrons. The summed E-state index contributed by atoms with van der Waals surface area (Å²) < 4.78 is 7.69. The van der Waals surface area contributed by atoms with Crippen molar-refractivity contribution in [3.8, 4) is 0 Å². The Morgan fingerprint density at radius 1 is 1.25 bits per heavy atom. The van der Waals surface area contributed by atoms with Crippen LogP contribution in [0.2, 0.25) is 0 Å². The van der Waals surface area contributed by atoms with Gasteiger partial charge in [-0.2, -0.15) is 0 Å². The van der Waals surface area contributed by atoms with E-state index in [0.717, 1.165) is 62.1 Å². The van der Waals surface area contributed by atoms with Gasteiger partial charge in [-0.1, -0.05) is 19.9 Å². The van der Waals surface area contributed by atoms with E-state index < -0.39 is 0 Å². The monoisotopic (exact) mass is 436 g/mol. The molecular weight excluding hydrogens is 404 g/mol. The summed E-state index contributed by atoms with van der Waals surface area (Å²) in [6.45, 7) is 7.67. The minimum Gasteiger partial charge on any atom is -0.376 e. The molecule has 1 aromatic carbocycles. The van der Waals surface area contributed by atoms with Gasteiger partial charge in [-0.05, 0) is 84.1 Å². The second-order valence-electron chi connectivity index (χ2n) is 9.33. The Hall–Kier alpha value is -2.58. The molecule has 2 saturated heterocycles. The number of benzene rings is 1. The van der Waals surface area contributed by atoms with Crippen LogP contribution in [0.25, 0.3) is 10.9 Å². The van der Waals surface area contributed by atoms with Crippen molar-refractivity contribution >= 4 is 10.9 Å². The summed E-state index contributed by atoms with van der Waals surface area (Å²) in [5.41, 5.74) is 2.75. The SMILES string of the molecule is CCc1ccc2[nH]c(=O)c([C@H](c3nnnn3C[C@H]3CCCO3)N3CCC[C@H](C)C3)cc2c1. The number of ether oxygens (including phenoxy) is 1. The van der Waals surface area contributed by atoms with Crippen LogP contribution in [0.4, 0.5) is 0 Å². The molecular formula is C24H32N6O2. The molecule has 0 amide bonds. The number of fused-ring (bicyclic) bond motifs is 1. The Balaban J connectivity index is 1.60. The third-order valence-electron chi connectivity index (χ3n) is 6.90. The van der Waals surface area contributed by atoms with E-state index in [0.29, 0.717) is 18.0 Å². The van der Waals surface area contributed by atoms with Crippen molar-refractivity contribution < 1.29 is 4.74 Å². The zero-order chi connectivity index (χ0) is 22.1. The molecule has 0 radical (unpaired) electrons. The maximum absolute atomic E-state index is 13.3. The molecule has 2 aliphatic rings. The summed E-state index contributed by atoms with van der Waals surface area (Å²) in [6, 6.07) is 8.00. The molecule has 0 unspecified atom stereocenters. The zero-order valence-corrected chi connectivity index (χ0v) is 19.0. The van der Waals surface area contributed by atoms with Crippen LogP contribution in [0.3, 0.4) is 0 Å². The highest BCUT2D eigenvalue weighted by Gasteiger charge is 2.33. The smallest absolute Gasteiger partial charge is 0.253 e. The summed E-state index contributed by atoms with van der Waals surface area (Å²) in [5, 5.41) is 13.8. The lowest BCUT2D eigenvalue weighted by Crippen LogP contribution is -2.41. The van der Waals surface area contributed by atoms with E-state index in [4.69, 9.17) is 4.74 Å². The van der Waals surface area contributed by atoms with E-state index >= 15 is 0 Å². The van der Waals surface area contributed by atoms with Crippen molar-refractivity contribution in [3.05, 3.63) is 51.6 Å². The van der Waals surface area contributed by atoms with Crippen molar-refractivity contribution in [1.82, 2.24) is 30.1 Å². The molecule has 0 spiro atoms. The topological polar surface area (TPSA) is 88.9 Å². The maximum atomic E-state index is 13.3. The fraction of sp³-hybridized carbons (Fsp3) is 0.583. The molecule has 0 bridgehead atoms. The van der Waals surface area contributed by atoms with Crippen molar-refractivity contribution in [1.29, 1.82) is 0 Å². The number of hydrogen-bond donors (Lipinski definition) is 1. The standard InChI is InChI=1S/C24H32N6O2/c1-3-17-8-9-21-18(12-17)13-20(24(31)25-21)22(29-10-4-6-16(2)14-29)23-26-27-28-30(23)15-19-7-5-11-32-19/h8-9,12-13,16,19,22H,3-7,10-11,14-15H2,1-2H3,(H,25,31)/t16-,19+,22+/m0/s1. The molecule has 2 aromatic heterocycles. The summed E-state index contributed by atoms with van der Waals surface area (Å²) >= 11 is 0. The largest absolute Gasteiger partial charge is 0.376 e. The van der Waals surface area contributed by atoms with Gasteiger partial charge in [0.15, 0.2) is 5.82 Å². The van der Waals surface area contributed by atoms with Crippen molar-refractivity contribution in [2.75, 3.05) is 19.7 Å². The first kappa shape index (κ1) is 21.3. The van der Waals surface area contributed by atoms with Gasteiger partial charge >= 0.3 is 0 Å². The number of nitrogens with zero attached hydrogens (tertiary/aromatic N) is 5. The molecule has 4 heterocycles. The van der Waals surface area contributed by atoms with E-state index in [1.165, 1.54) is 12.0 Å². The lowest BCUT2D eigenvalue weighted by molar-refractivity contribution is 0.0889. The molecule has 32 heavy (non-hydrogen) atoms. The number of hydrogen-bond acceptors (Lipinski definition) is 6. The van der Waals surface area contributed by atoms with E-state index in [1.54, 1.807) is 0 Å². The molecule has 1 N–H and O–H groups in total. The zero-order valence-electron chi connectivity index (χ0n) is 19.0. The van der Waals surface area contributed by atoms with Crippen LogP contribution in [-0.2, 0) is 17.7 Å². The Bertz CT molecular complexity index is 1130. The highest BCUT2D eigenvalue weighted by Crippen LogP contribution is 2.31. The number of piperidine rings is 1. The first-order valence-electron chi connectivity index (χ1n) is 11.9. The molecule has 3 atom stereocenters. The average Bonchev–Trinajstić information content (AvgIpc) is 3.47. The highest BCUT2D eigenvalue weighted by molar-refractivity contribution is 5.80. The Kier molecular flexibility index (Phi) is 6.06. The fourth-order valence-corrected chi connectivity index (χ4v) is 5.17. The van der Waals surface area contributed by atoms with Gasteiger partial charge in [-0.25, -0.2) is 4.68 Å². The summed E-state index contributed by atoms with van der Waals surface area (Å²) in [6.07, 6.45) is 5.48. The van der Waals surface area contributed by atoms with Crippen LogP contribution in [0.1, 0.15) is 62.5 Å². The van der Waals surface area contributed by atoms with Crippen LogP contribution in [0.5, 0.6) is 0 Å². The third-order valence-corrected chi connectivity index (χ3v) is 6.90. The maximum Gasteiger partial charge on any atom is 0.253 e. The number of aryl methyl sites for hydroxylation is 1. The van der Waals surface area contributed by atoms with Crippen molar-refractivity contribution in [3.63, 3.8) is 0 Å². The van der Waals surface area contributed by atoms with Gasteiger partial charge in [-0.3, -0.25) is 9.69 Å². The van der Waals surface area contributed by atoms with Gasteiger partial charge in [0.05, 0.1) is 12.6 Å². The summed E-state index contributed by atoms with van der Waals surface area (Å²) in [5.74, 6) is 1.30. The number of pyridine rings is 1. The second-order valence-corrected chi connectivity index (χ2v) is 9.33. The second kappa shape index (κ2) is 9.11. The summed E-state index contributed by atoms with van der Waals surface area (Å²) in [4.78, 5) is 18.8. The number of likely N-dealkylation sites (tertiary alicyclic amines) is 1. The first-order chi connectivity index (χ1) is 15.6. The van der Waals surface area contributed by atoms with Crippen molar-refractivity contribution in [2.45, 2.75) is 64.6 Å². The Morgan fingerprint density at radius 2 is 2.16 bits per heavy atom. The molecule has 5 rings (SSSR count). The van der Waals surface area contributed by atoms with E-state index in [2.05, 4.69) is 51.4 Å². The predicted molar refractivity (Wildman–Crippen MR) is 123 cm³/mol. The van der Waals surface area contributed by atoms with Gasteiger partial charge in [0, 0.05) is 24.2 Å². The molecule has 0 aliphatic carbocycles. The Labute approximate surface area is 188 Å². The molecule has 8 nitrogen and oxygen atoms in total. The van der Waals surface area contributed by atoms with Gasteiger partial charge in [0.2, 0.25) is 0 Å². The van der Waals surface area contributed by atoms with Gasteiger partial charge in [-0.15, -0.1) is 5.10 Å². The number of H-pyrrole nitrogens is 1. The number of rotatable bonds is 6. The van der Waals surface area contributed by atoms with Crippen LogP contribution < -0.4 is 5.56 Å². The third kappa shape index (κ3) is 4.21. The molecule has 0 saturated carbocycles. The lowest BCUT2D eigenvalue weighted by atomic mass is 9.95. The molecule has 3 aromatic rings. The number of nitrogens with one attached hydrogen (secondary N) is 1. The number of aromatic nitrogens is 5. The molecule has 2 aliphatic heterocycles. The fourth-order valence-electron chi connectivity index (χ4n) is 5.17. The van der Waals surface area contributed by atoms with Gasteiger partial charge in [0.1, 0.15) is 6.04 Å². The normalized spacial score (nSPS) is 23.1. The lowest BCUT2D eigenvalue weighted by Gasteiger charge is -2.36. The van der Waals surface area contributed by atoms with Gasteiger partial charge in [0.25, 0.3) is 5.56 Å². The van der Waals surface area contributed by atoms with E-state index in [1.807, 2.05) is 16.8 Å². The predicted octanol–water partition coefficient (Wildman–Crippen LogP) is 3.08. The molecule has 2 fully saturated rings. The van der Waals surface area contributed by atoms with Crippen LogP contribution in [0, 0.1) is 5.92 Å². The summed E-state index contributed by atoms with van der Waals surface area (Å²) in [7, 11) is 0. The minimum absolute atomic E-state index is 0.0726. The first-order valence-corrected chi connectivity index (χ1v) is 11.9.